The van der Waals surface area contributed by atoms with Gasteiger partial charge >= 0.3 is 0 Å². The topological polar surface area (TPSA) is 9.23 Å². The van der Waals surface area contributed by atoms with E-state index in [0.29, 0.717) is 17.3 Å². The fourth-order valence-electron chi connectivity index (χ4n) is 4.47. The van der Waals surface area contributed by atoms with Gasteiger partial charge in [0.2, 0.25) is 0 Å². The Morgan fingerprint density at radius 1 is 1.24 bits per heavy atom. The summed E-state index contributed by atoms with van der Waals surface area (Å²) in [6, 6.07) is 10.3. The summed E-state index contributed by atoms with van der Waals surface area (Å²) in [5.41, 5.74) is 1.30. The van der Waals surface area contributed by atoms with Crippen molar-refractivity contribution in [1.82, 2.24) is 0 Å². The number of hydrogen-bond acceptors (Lipinski definition) is 1. The molecule has 0 heterocycles. The normalized spacial score (nSPS) is 36.3. The summed E-state index contributed by atoms with van der Waals surface area (Å²) in [7, 11) is 0. The van der Waals surface area contributed by atoms with Crippen molar-refractivity contribution in [1.29, 1.82) is 0 Å². The molecule has 0 saturated heterocycles. The Bertz CT molecular complexity index is 558. The van der Waals surface area contributed by atoms with Crippen LogP contribution in [-0.4, -0.2) is 12.2 Å². The lowest BCUT2D eigenvalue weighted by Crippen LogP contribution is -2.46. The molecular weight excluding hydrogens is 256 g/mol. The maximum atomic E-state index is 6.24. The zero-order chi connectivity index (χ0) is 15.1. The third-order valence-electron chi connectivity index (χ3n) is 6.11. The number of rotatable bonds is 2. The zero-order valence-electron chi connectivity index (χ0n) is 13.6. The van der Waals surface area contributed by atoms with E-state index >= 15 is 0 Å². The average Bonchev–Trinajstić information content (AvgIpc) is 2.95. The predicted molar refractivity (Wildman–Crippen MR) is 86.8 cm³/mol. The molecule has 1 nitrogen and oxygen atoms in total. The van der Waals surface area contributed by atoms with E-state index < -0.39 is 0 Å². The van der Waals surface area contributed by atoms with Crippen molar-refractivity contribution in [2.75, 3.05) is 6.61 Å². The predicted octanol–water partition coefficient (Wildman–Crippen LogP) is 4.52. The Kier molecular flexibility index (Phi) is 3.62. The molecule has 2 bridgehead atoms. The molecule has 2 saturated carbocycles. The van der Waals surface area contributed by atoms with Crippen LogP contribution >= 0.6 is 0 Å². The maximum Gasteiger partial charge on any atom is 0.132 e. The van der Waals surface area contributed by atoms with E-state index in [0.717, 1.165) is 24.5 Å². The number of hydrogen-bond donors (Lipinski definition) is 0. The Hall–Kier alpha value is -1.26. The molecule has 0 spiro atoms. The summed E-state index contributed by atoms with van der Waals surface area (Å²) in [4.78, 5) is 0. The Labute approximate surface area is 129 Å². The molecule has 1 aromatic carbocycles. The van der Waals surface area contributed by atoms with E-state index in [2.05, 4.69) is 51.7 Å². The Balaban J connectivity index is 1.92. The molecule has 4 atom stereocenters. The highest BCUT2D eigenvalue weighted by Gasteiger charge is 2.62. The van der Waals surface area contributed by atoms with Crippen LogP contribution in [0.3, 0.4) is 0 Å². The van der Waals surface area contributed by atoms with Crippen LogP contribution in [0.1, 0.15) is 46.1 Å². The van der Waals surface area contributed by atoms with Gasteiger partial charge in [-0.3, -0.25) is 0 Å². The molecule has 0 aliphatic heterocycles. The molecule has 0 aromatic heterocycles. The second-order valence-corrected chi connectivity index (χ2v) is 7.29. The second-order valence-electron chi connectivity index (χ2n) is 7.29. The number of ether oxygens (including phenoxy) is 1. The van der Waals surface area contributed by atoms with Gasteiger partial charge in [0.05, 0.1) is 0 Å². The first-order valence-corrected chi connectivity index (χ1v) is 8.22. The third kappa shape index (κ3) is 2.30. The van der Waals surface area contributed by atoms with Crippen LogP contribution in [0.15, 0.2) is 30.3 Å². The third-order valence-corrected chi connectivity index (χ3v) is 6.11. The second kappa shape index (κ2) is 5.18. The molecule has 1 aromatic rings. The quantitative estimate of drug-likeness (QED) is 0.725. The van der Waals surface area contributed by atoms with Crippen LogP contribution in [0.4, 0.5) is 0 Å². The summed E-state index contributed by atoms with van der Waals surface area (Å²) in [6.45, 7) is 10.1. The van der Waals surface area contributed by atoms with Crippen LogP contribution in [0, 0.1) is 35.0 Å². The van der Waals surface area contributed by atoms with E-state index in [1.54, 1.807) is 0 Å². The number of fused-ring (bicyclic) bond motifs is 2. The highest BCUT2D eigenvalue weighted by atomic mass is 16.5. The SMILES string of the molecule is CCOC1(C#Cc2ccccc2)CC2CC1C(C)C2(C)C. The van der Waals surface area contributed by atoms with Gasteiger partial charge in [0, 0.05) is 18.1 Å². The van der Waals surface area contributed by atoms with Crippen LogP contribution < -0.4 is 0 Å². The minimum absolute atomic E-state index is 0.218. The van der Waals surface area contributed by atoms with Crippen LogP contribution in [0.2, 0.25) is 0 Å². The molecule has 0 radical (unpaired) electrons. The van der Waals surface area contributed by atoms with E-state index in [1.807, 2.05) is 18.2 Å². The maximum absolute atomic E-state index is 6.24. The molecule has 2 aliphatic rings. The highest BCUT2D eigenvalue weighted by molar-refractivity contribution is 5.38. The first-order valence-electron chi connectivity index (χ1n) is 8.22. The van der Waals surface area contributed by atoms with E-state index in [9.17, 15) is 0 Å². The summed E-state index contributed by atoms with van der Waals surface area (Å²) >= 11 is 0. The Morgan fingerprint density at radius 2 is 1.95 bits per heavy atom. The molecule has 112 valence electrons. The van der Waals surface area contributed by atoms with Gasteiger partial charge in [0.1, 0.15) is 5.60 Å². The lowest BCUT2D eigenvalue weighted by molar-refractivity contribution is -0.0748. The molecule has 1 heteroatoms. The van der Waals surface area contributed by atoms with Crippen molar-refractivity contribution in [3.63, 3.8) is 0 Å². The van der Waals surface area contributed by atoms with Gasteiger partial charge in [-0.25, -0.2) is 0 Å². The van der Waals surface area contributed by atoms with Crippen molar-refractivity contribution in [2.24, 2.45) is 23.2 Å². The average molecular weight is 282 g/mol. The van der Waals surface area contributed by atoms with Gasteiger partial charge in [0.15, 0.2) is 0 Å². The lowest BCUT2D eigenvalue weighted by atomic mass is 9.64. The largest absolute Gasteiger partial charge is 0.362 e. The van der Waals surface area contributed by atoms with Gasteiger partial charge < -0.3 is 4.74 Å². The zero-order valence-corrected chi connectivity index (χ0v) is 13.6. The van der Waals surface area contributed by atoms with Crippen LogP contribution in [0.5, 0.6) is 0 Å². The molecule has 2 aliphatic carbocycles. The van der Waals surface area contributed by atoms with E-state index in [1.165, 1.54) is 6.42 Å². The molecule has 3 rings (SSSR count). The van der Waals surface area contributed by atoms with Crippen LogP contribution in [-0.2, 0) is 4.74 Å². The fourth-order valence-corrected chi connectivity index (χ4v) is 4.47. The first-order chi connectivity index (χ1) is 9.99. The van der Waals surface area contributed by atoms with Gasteiger partial charge in [0.25, 0.3) is 0 Å². The molecule has 2 fully saturated rings. The van der Waals surface area contributed by atoms with Gasteiger partial charge in [-0.2, -0.15) is 0 Å². The van der Waals surface area contributed by atoms with E-state index in [4.69, 9.17) is 4.74 Å². The Morgan fingerprint density at radius 3 is 2.52 bits per heavy atom. The summed E-state index contributed by atoms with van der Waals surface area (Å²) in [5, 5.41) is 0. The van der Waals surface area contributed by atoms with Gasteiger partial charge in [-0.05, 0) is 49.1 Å². The first kappa shape index (κ1) is 14.7. The summed E-state index contributed by atoms with van der Waals surface area (Å²) in [5.74, 6) is 8.91. The minimum Gasteiger partial charge on any atom is -0.362 e. The van der Waals surface area contributed by atoms with Crippen molar-refractivity contribution < 1.29 is 4.74 Å². The highest BCUT2D eigenvalue weighted by Crippen LogP contribution is 2.63. The van der Waals surface area contributed by atoms with Gasteiger partial charge in [-0.15, -0.1) is 0 Å². The molecule has 0 N–H and O–H groups in total. The monoisotopic (exact) mass is 282 g/mol. The lowest BCUT2D eigenvalue weighted by Gasteiger charge is -2.44. The molecular formula is C20H26O. The molecule has 21 heavy (non-hydrogen) atoms. The summed E-state index contributed by atoms with van der Waals surface area (Å²) in [6.07, 6.45) is 2.38. The van der Waals surface area contributed by atoms with Crippen LogP contribution in [0.25, 0.3) is 0 Å². The minimum atomic E-state index is -0.218. The van der Waals surface area contributed by atoms with Crippen molar-refractivity contribution in [2.45, 2.75) is 46.1 Å². The molecule has 4 unspecified atom stereocenters. The van der Waals surface area contributed by atoms with Gasteiger partial charge in [-0.1, -0.05) is 50.8 Å². The van der Waals surface area contributed by atoms with Crippen molar-refractivity contribution in [3.05, 3.63) is 35.9 Å². The fraction of sp³-hybridized carbons (Fsp3) is 0.600. The van der Waals surface area contributed by atoms with E-state index in [-0.39, 0.29) is 5.60 Å². The standard InChI is InChI=1S/C20H26O/c1-5-21-20(12-11-16-9-7-6-8-10-16)14-17-13-18(20)15(2)19(17,3)4/h6-10,15,17-18H,5,13-14H2,1-4H3. The number of benzene rings is 1. The van der Waals surface area contributed by atoms with Crippen molar-refractivity contribution >= 4 is 0 Å². The smallest absolute Gasteiger partial charge is 0.132 e. The summed E-state index contributed by atoms with van der Waals surface area (Å²) < 4.78 is 6.24. The van der Waals surface area contributed by atoms with Crippen molar-refractivity contribution in [3.8, 4) is 11.8 Å². The molecule has 0 amide bonds.